The largest absolute Gasteiger partial charge is 0.444 e. The van der Waals surface area contributed by atoms with Crippen LogP contribution in [-0.4, -0.2) is 50.9 Å². The molecule has 202 valence electrons. The number of carbonyl (C=O) groups is 2. The van der Waals surface area contributed by atoms with E-state index in [2.05, 4.69) is 31.5 Å². The fourth-order valence-corrected chi connectivity index (χ4v) is 4.51. The van der Waals surface area contributed by atoms with E-state index in [-0.39, 0.29) is 23.4 Å². The van der Waals surface area contributed by atoms with Crippen LogP contribution in [0.5, 0.6) is 0 Å². The first-order valence-electron chi connectivity index (χ1n) is 12.2. The maximum absolute atomic E-state index is 12.7. The molecular weight excluding hydrogens is 542 g/mol. The number of hydrogen-bond donors (Lipinski definition) is 2. The molecule has 0 spiro atoms. The van der Waals surface area contributed by atoms with E-state index in [1.807, 2.05) is 32.9 Å². The molecule has 1 atom stereocenters. The van der Waals surface area contributed by atoms with Crippen molar-refractivity contribution < 1.29 is 19.1 Å². The van der Waals surface area contributed by atoms with Crippen LogP contribution >= 0.6 is 15.9 Å². The van der Waals surface area contributed by atoms with Crippen molar-refractivity contribution >= 4 is 45.3 Å². The number of piperidine rings is 1. The van der Waals surface area contributed by atoms with Crippen LogP contribution in [0.25, 0.3) is 0 Å². The summed E-state index contributed by atoms with van der Waals surface area (Å²) in [6.45, 7) is 12.0. The van der Waals surface area contributed by atoms with Gasteiger partial charge in [-0.3, -0.25) is 10.1 Å². The van der Waals surface area contributed by atoms with E-state index in [0.717, 1.165) is 18.4 Å². The van der Waals surface area contributed by atoms with Crippen molar-refractivity contribution in [3.05, 3.63) is 44.9 Å². The highest BCUT2D eigenvalue weighted by Gasteiger charge is 2.30. The predicted octanol–water partition coefficient (Wildman–Crippen LogP) is 5.75. The van der Waals surface area contributed by atoms with Gasteiger partial charge in [0.05, 0.1) is 0 Å². The van der Waals surface area contributed by atoms with Gasteiger partial charge in [0, 0.05) is 43.6 Å². The first kappa shape index (κ1) is 28.5. The van der Waals surface area contributed by atoms with E-state index >= 15 is 0 Å². The number of amides is 2. The van der Waals surface area contributed by atoms with Gasteiger partial charge in [-0.25, -0.2) is 14.6 Å². The molecule has 0 bridgehead atoms. The lowest BCUT2D eigenvalue weighted by Gasteiger charge is -2.35. The van der Waals surface area contributed by atoms with Gasteiger partial charge < -0.3 is 24.3 Å². The predicted molar refractivity (Wildman–Crippen MR) is 147 cm³/mol. The van der Waals surface area contributed by atoms with Gasteiger partial charge in [0.1, 0.15) is 15.8 Å². The van der Waals surface area contributed by atoms with E-state index in [1.165, 1.54) is 4.57 Å². The number of anilines is 3. The minimum atomic E-state index is -0.676. The molecule has 1 saturated heterocycles. The lowest BCUT2D eigenvalue weighted by molar-refractivity contribution is 0.0198. The van der Waals surface area contributed by atoms with Crippen LogP contribution in [0, 0.1) is 0 Å². The number of carbonyl (C=O) groups excluding carboxylic acids is 2. The molecule has 10 nitrogen and oxygen atoms in total. The summed E-state index contributed by atoms with van der Waals surface area (Å²) >= 11 is 3.31. The number of aryl methyl sites for hydroxylation is 1. The highest BCUT2D eigenvalue weighted by atomic mass is 79.9. The van der Waals surface area contributed by atoms with Gasteiger partial charge in [-0.1, -0.05) is 6.07 Å². The van der Waals surface area contributed by atoms with E-state index in [1.54, 1.807) is 45.0 Å². The van der Waals surface area contributed by atoms with Gasteiger partial charge in [0.25, 0.3) is 5.56 Å². The standard InChI is InChI=1S/C26H36BrN5O5/c1-25(2,3)36-23(34)29-19-13-17(28-21-22(33)31(7)15-20(27)30-21)10-11-18(19)16-9-8-12-32(14-16)24(35)37-26(4,5)6/h10-11,13,15-16H,8-9,12,14H2,1-7H3,(H,28,30)(H,29,34)/t16-/m1/s1. The minimum absolute atomic E-state index is 0.0304. The van der Waals surface area contributed by atoms with Gasteiger partial charge in [-0.2, -0.15) is 0 Å². The van der Waals surface area contributed by atoms with Crippen molar-refractivity contribution in [1.29, 1.82) is 0 Å². The molecule has 0 radical (unpaired) electrons. The zero-order chi connectivity index (χ0) is 27.5. The number of halogens is 1. The molecule has 37 heavy (non-hydrogen) atoms. The zero-order valence-corrected chi connectivity index (χ0v) is 24.1. The number of ether oxygens (including phenoxy) is 2. The number of hydrogen-bond acceptors (Lipinski definition) is 7. The third-order valence-electron chi connectivity index (χ3n) is 5.51. The average molecular weight is 579 g/mol. The second-order valence-corrected chi connectivity index (χ2v) is 12.0. The molecule has 2 aromatic rings. The Bertz CT molecular complexity index is 1220. The molecule has 0 saturated carbocycles. The summed E-state index contributed by atoms with van der Waals surface area (Å²) in [5, 5.41) is 5.91. The number of nitrogens with one attached hydrogen (secondary N) is 2. The maximum Gasteiger partial charge on any atom is 0.412 e. The van der Waals surface area contributed by atoms with Crippen molar-refractivity contribution in [2.24, 2.45) is 7.05 Å². The molecular formula is C26H36BrN5O5. The van der Waals surface area contributed by atoms with Crippen molar-refractivity contribution in [2.45, 2.75) is 71.5 Å². The first-order chi connectivity index (χ1) is 17.1. The van der Waals surface area contributed by atoms with Gasteiger partial charge in [-0.15, -0.1) is 0 Å². The second-order valence-electron chi connectivity index (χ2n) is 11.1. The van der Waals surface area contributed by atoms with Crippen LogP contribution in [0.3, 0.4) is 0 Å². The molecule has 1 aromatic carbocycles. The van der Waals surface area contributed by atoms with Gasteiger partial charge in [0.15, 0.2) is 5.82 Å². The van der Waals surface area contributed by atoms with Crippen LogP contribution in [0.4, 0.5) is 26.8 Å². The summed E-state index contributed by atoms with van der Waals surface area (Å²) in [5.74, 6) is 0.110. The Morgan fingerprint density at radius 3 is 2.43 bits per heavy atom. The van der Waals surface area contributed by atoms with E-state index in [0.29, 0.717) is 29.1 Å². The van der Waals surface area contributed by atoms with Crippen molar-refractivity contribution in [1.82, 2.24) is 14.5 Å². The van der Waals surface area contributed by atoms with Crippen molar-refractivity contribution in [3.8, 4) is 0 Å². The summed E-state index contributed by atoms with van der Waals surface area (Å²) in [6.07, 6.45) is 2.26. The second kappa shape index (κ2) is 11.1. The highest BCUT2D eigenvalue weighted by molar-refractivity contribution is 9.10. The number of nitrogens with zero attached hydrogens (tertiary/aromatic N) is 3. The average Bonchev–Trinajstić information content (AvgIpc) is 2.75. The molecule has 0 unspecified atom stereocenters. The van der Waals surface area contributed by atoms with Crippen LogP contribution in [-0.2, 0) is 16.5 Å². The summed E-state index contributed by atoms with van der Waals surface area (Å²) in [5.41, 5.74) is 0.400. The highest BCUT2D eigenvalue weighted by Crippen LogP contribution is 2.35. The zero-order valence-electron chi connectivity index (χ0n) is 22.5. The third-order valence-corrected chi connectivity index (χ3v) is 5.89. The smallest absolute Gasteiger partial charge is 0.412 e. The maximum atomic E-state index is 12.7. The Morgan fingerprint density at radius 1 is 1.11 bits per heavy atom. The number of benzene rings is 1. The summed E-state index contributed by atoms with van der Waals surface area (Å²) in [6, 6.07) is 5.46. The molecule has 1 fully saturated rings. The fraction of sp³-hybridized carbons (Fsp3) is 0.538. The number of rotatable bonds is 4. The Balaban J connectivity index is 1.92. The molecule has 2 N–H and O–H groups in total. The van der Waals surface area contributed by atoms with Crippen molar-refractivity contribution in [2.75, 3.05) is 23.7 Å². The molecule has 11 heteroatoms. The lowest BCUT2D eigenvalue weighted by atomic mass is 9.89. The molecule has 3 rings (SSSR count). The van der Waals surface area contributed by atoms with E-state index in [9.17, 15) is 14.4 Å². The first-order valence-corrected chi connectivity index (χ1v) is 13.0. The Morgan fingerprint density at radius 2 is 1.78 bits per heavy atom. The summed E-state index contributed by atoms with van der Waals surface area (Å²) in [7, 11) is 1.64. The normalized spacial score (nSPS) is 16.2. The Hall–Kier alpha value is -3.08. The van der Waals surface area contributed by atoms with Gasteiger partial charge in [-0.05, 0) is 88.0 Å². The number of likely N-dealkylation sites (tertiary alicyclic amines) is 1. The van der Waals surface area contributed by atoms with Gasteiger partial charge in [0.2, 0.25) is 0 Å². The Labute approximate surface area is 225 Å². The summed E-state index contributed by atoms with van der Waals surface area (Å²) < 4.78 is 13.0. The van der Waals surface area contributed by atoms with E-state index in [4.69, 9.17) is 9.47 Å². The van der Waals surface area contributed by atoms with Crippen LogP contribution < -0.4 is 16.2 Å². The van der Waals surface area contributed by atoms with E-state index < -0.39 is 17.3 Å². The summed E-state index contributed by atoms with van der Waals surface area (Å²) in [4.78, 5) is 43.9. The van der Waals surface area contributed by atoms with Crippen LogP contribution in [0.15, 0.2) is 33.8 Å². The molecule has 1 aliphatic heterocycles. The van der Waals surface area contributed by atoms with Gasteiger partial charge >= 0.3 is 12.2 Å². The Kier molecular flexibility index (Phi) is 8.56. The monoisotopic (exact) mass is 577 g/mol. The number of aromatic nitrogens is 2. The molecule has 1 aromatic heterocycles. The molecule has 2 amide bonds. The molecule has 0 aliphatic carbocycles. The topological polar surface area (TPSA) is 115 Å². The quantitative estimate of drug-likeness (QED) is 0.475. The molecule has 1 aliphatic rings. The lowest BCUT2D eigenvalue weighted by Crippen LogP contribution is -2.42. The molecule has 2 heterocycles. The van der Waals surface area contributed by atoms with Crippen molar-refractivity contribution in [3.63, 3.8) is 0 Å². The fourth-order valence-electron chi connectivity index (χ4n) is 4.02. The SMILES string of the molecule is Cn1cc(Br)nc(Nc2ccc([C@@H]3CCCN(C(=O)OC(C)(C)C)C3)c(NC(=O)OC(C)(C)C)c2)c1=O. The minimum Gasteiger partial charge on any atom is -0.444 e. The van der Waals surface area contributed by atoms with Crippen LogP contribution in [0.2, 0.25) is 0 Å². The van der Waals surface area contributed by atoms with Crippen LogP contribution in [0.1, 0.15) is 65.9 Å². The third kappa shape index (κ3) is 8.21.